The van der Waals surface area contributed by atoms with Crippen LogP contribution in [0.1, 0.15) is 24.8 Å². The van der Waals surface area contributed by atoms with E-state index < -0.39 is 0 Å². The standard InChI is InChI=1S/C13H18FN/c1-15-13(8-10-5-6-10)9-11-3-2-4-12(14)7-11/h2-4,7,10,13,15H,5-6,8-9H2,1H3. The van der Waals surface area contributed by atoms with Crippen LogP contribution in [0.5, 0.6) is 0 Å². The first-order valence-electron chi connectivity index (χ1n) is 5.69. The third-order valence-corrected chi connectivity index (χ3v) is 3.09. The van der Waals surface area contributed by atoms with Gasteiger partial charge in [-0.2, -0.15) is 0 Å². The van der Waals surface area contributed by atoms with Gasteiger partial charge in [0.15, 0.2) is 0 Å². The maximum Gasteiger partial charge on any atom is 0.123 e. The van der Waals surface area contributed by atoms with Gasteiger partial charge in [-0.25, -0.2) is 4.39 Å². The molecular formula is C13H18FN. The fourth-order valence-electron chi connectivity index (χ4n) is 2.01. The van der Waals surface area contributed by atoms with Gasteiger partial charge < -0.3 is 5.32 Å². The van der Waals surface area contributed by atoms with Gasteiger partial charge in [0.2, 0.25) is 0 Å². The Morgan fingerprint density at radius 3 is 2.87 bits per heavy atom. The minimum atomic E-state index is -0.131. The van der Waals surface area contributed by atoms with Crippen LogP contribution in [0.2, 0.25) is 0 Å². The van der Waals surface area contributed by atoms with Gasteiger partial charge >= 0.3 is 0 Å². The second-order valence-electron chi connectivity index (χ2n) is 4.50. The number of hydrogen-bond donors (Lipinski definition) is 1. The van der Waals surface area contributed by atoms with Crippen LogP contribution in [0.4, 0.5) is 4.39 Å². The van der Waals surface area contributed by atoms with Gasteiger partial charge in [-0.1, -0.05) is 25.0 Å². The van der Waals surface area contributed by atoms with Crippen LogP contribution in [0.15, 0.2) is 24.3 Å². The van der Waals surface area contributed by atoms with Gasteiger partial charge in [0, 0.05) is 6.04 Å². The Morgan fingerprint density at radius 2 is 2.27 bits per heavy atom. The molecule has 0 spiro atoms. The van der Waals surface area contributed by atoms with Crippen molar-refractivity contribution in [1.29, 1.82) is 0 Å². The van der Waals surface area contributed by atoms with E-state index in [1.807, 2.05) is 13.1 Å². The molecule has 0 saturated heterocycles. The number of hydrogen-bond acceptors (Lipinski definition) is 1. The van der Waals surface area contributed by atoms with Gasteiger partial charge in [-0.15, -0.1) is 0 Å². The molecule has 1 fully saturated rings. The molecule has 1 aliphatic carbocycles. The highest BCUT2D eigenvalue weighted by Crippen LogP contribution is 2.34. The van der Waals surface area contributed by atoms with Crippen molar-refractivity contribution in [3.63, 3.8) is 0 Å². The lowest BCUT2D eigenvalue weighted by molar-refractivity contribution is 0.489. The molecule has 0 bridgehead atoms. The molecule has 1 aromatic carbocycles. The molecule has 0 radical (unpaired) electrons. The smallest absolute Gasteiger partial charge is 0.123 e. The number of benzene rings is 1. The van der Waals surface area contributed by atoms with E-state index in [0.29, 0.717) is 6.04 Å². The Hall–Kier alpha value is -0.890. The Kier molecular flexibility index (Phi) is 3.37. The van der Waals surface area contributed by atoms with E-state index in [-0.39, 0.29) is 5.82 Å². The minimum absolute atomic E-state index is 0.131. The lowest BCUT2D eigenvalue weighted by atomic mass is 10.0. The molecule has 1 nitrogen and oxygen atoms in total. The van der Waals surface area contributed by atoms with Crippen molar-refractivity contribution in [2.45, 2.75) is 31.7 Å². The highest BCUT2D eigenvalue weighted by molar-refractivity contribution is 5.17. The topological polar surface area (TPSA) is 12.0 Å². The van der Waals surface area contributed by atoms with Crippen LogP contribution >= 0.6 is 0 Å². The van der Waals surface area contributed by atoms with Crippen molar-refractivity contribution >= 4 is 0 Å². The van der Waals surface area contributed by atoms with Crippen molar-refractivity contribution in [2.24, 2.45) is 5.92 Å². The summed E-state index contributed by atoms with van der Waals surface area (Å²) in [5, 5.41) is 3.32. The predicted octanol–water partition coefficient (Wildman–Crippen LogP) is 2.76. The van der Waals surface area contributed by atoms with E-state index in [2.05, 4.69) is 5.32 Å². The second kappa shape index (κ2) is 4.75. The van der Waals surface area contributed by atoms with Crippen LogP contribution < -0.4 is 5.32 Å². The molecule has 1 N–H and O–H groups in total. The molecule has 15 heavy (non-hydrogen) atoms. The third-order valence-electron chi connectivity index (χ3n) is 3.09. The first-order chi connectivity index (χ1) is 7.28. The van der Waals surface area contributed by atoms with E-state index in [0.717, 1.165) is 17.9 Å². The Bertz CT molecular complexity index is 320. The van der Waals surface area contributed by atoms with Crippen molar-refractivity contribution in [2.75, 3.05) is 7.05 Å². The molecule has 1 unspecified atom stereocenters. The molecule has 0 heterocycles. The summed E-state index contributed by atoms with van der Waals surface area (Å²) in [6.07, 6.45) is 4.92. The quantitative estimate of drug-likeness (QED) is 0.783. The number of halogens is 1. The van der Waals surface area contributed by atoms with E-state index in [9.17, 15) is 4.39 Å². The summed E-state index contributed by atoms with van der Waals surface area (Å²) >= 11 is 0. The Balaban J connectivity index is 1.92. The number of rotatable bonds is 5. The van der Waals surface area contributed by atoms with Crippen LogP contribution in [0, 0.1) is 11.7 Å². The Morgan fingerprint density at radius 1 is 1.47 bits per heavy atom. The first-order valence-corrected chi connectivity index (χ1v) is 5.69. The largest absolute Gasteiger partial charge is 0.317 e. The van der Waals surface area contributed by atoms with Crippen molar-refractivity contribution in [3.8, 4) is 0 Å². The third kappa shape index (κ3) is 3.31. The summed E-state index contributed by atoms with van der Waals surface area (Å²) in [5.41, 5.74) is 1.09. The zero-order chi connectivity index (χ0) is 10.7. The number of likely N-dealkylation sites (N-methyl/N-ethyl adjacent to an activating group) is 1. The van der Waals surface area contributed by atoms with Gasteiger partial charge in [0.25, 0.3) is 0 Å². The average molecular weight is 207 g/mol. The lowest BCUT2D eigenvalue weighted by Gasteiger charge is -2.15. The molecular weight excluding hydrogens is 189 g/mol. The molecule has 0 aromatic heterocycles. The molecule has 1 atom stereocenters. The van der Waals surface area contributed by atoms with E-state index in [1.165, 1.54) is 25.3 Å². The molecule has 0 amide bonds. The fraction of sp³-hybridized carbons (Fsp3) is 0.538. The van der Waals surface area contributed by atoms with Gasteiger partial charge in [0.05, 0.1) is 0 Å². The van der Waals surface area contributed by atoms with E-state index in [4.69, 9.17) is 0 Å². The summed E-state index contributed by atoms with van der Waals surface area (Å²) < 4.78 is 13.0. The van der Waals surface area contributed by atoms with Gasteiger partial charge in [0.1, 0.15) is 5.82 Å². The number of nitrogens with one attached hydrogen (secondary N) is 1. The molecule has 82 valence electrons. The summed E-state index contributed by atoms with van der Waals surface area (Å²) in [5.74, 6) is 0.782. The molecule has 1 saturated carbocycles. The van der Waals surface area contributed by atoms with Crippen molar-refractivity contribution < 1.29 is 4.39 Å². The van der Waals surface area contributed by atoms with Crippen LogP contribution in [0.25, 0.3) is 0 Å². The molecule has 0 aliphatic heterocycles. The summed E-state index contributed by atoms with van der Waals surface area (Å²) in [6, 6.07) is 7.42. The Labute approximate surface area is 90.7 Å². The second-order valence-corrected chi connectivity index (χ2v) is 4.50. The molecule has 2 rings (SSSR count). The average Bonchev–Trinajstić information content (AvgIpc) is 3.01. The zero-order valence-electron chi connectivity index (χ0n) is 9.17. The monoisotopic (exact) mass is 207 g/mol. The fourth-order valence-corrected chi connectivity index (χ4v) is 2.01. The highest BCUT2D eigenvalue weighted by Gasteiger charge is 2.24. The van der Waals surface area contributed by atoms with Crippen LogP contribution in [0.3, 0.4) is 0 Å². The predicted molar refractivity (Wildman–Crippen MR) is 60.3 cm³/mol. The summed E-state index contributed by atoms with van der Waals surface area (Å²) in [6.45, 7) is 0. The van der Waals surface area contributed by atoms with Crippen molar-refractivity contribution in [1.82, 2.24) is 5.32 Å². The van der Waals surface area contributed by atoms with E-state index in [1.54, 1.807) is 12.1 Å². The molecule has 1 aliphatic rings. The molecule has 1 aromatic rings. The summed E-state index contributed by atoms with van der Waals surface area (Å²) in [4.78, 5) is 0. The van der Waals surface area contributed by atoms with Gasteiger partial charge in [-0.3, -0.25) is 0 Å². The van der Waals surface area contributed by atoms with Crippen molar-refractivity contribution in [3.05, 3.63) is 35.6 Å². The van der Waals surface area contributed by atoms with Crippen LogP contribution in [-0.4, -0.2) is 13.1 Å². The summed E-state index contributed by atoms with van der Waals surface area (Å²) in [7, 11) is 1.99. The first kappa shape index (κ1) is 10.6. The van der Waals surface area contributed by atoms with E-state index >= 15 is 0 Å². The highest BCUT2D eigenvalue weighted by atomic mass is 19.1. The maximum absolute atomic E-state index is 13.0. The zero-order valence-corrected chi connectivity index (χ0v) is 9.17. The lowest BCUT2D eigenvalue weighted by Crippen LogP contribution is -2.28. The van der Waals surface area contributed by atoms with Crippen LogP contribution in [-0.2, 0) is 6.42 Å². The SMILES string of the molecule is CNC(Cc1cccc(F)c1)CC1CC1. The van der Waals surface area contributed by atoms with Gasteiger partial charge in [-0.05, 0) is 43.5 Å². The minimum Gasteiger partial charge on any atom is -0.317 e. The normalized spacial score (nSPS) is 17.7. The maximum atomic E-state index is 13.0. The molecule has 2 heteroatoms.